The van der Waals surface area contributed by atoms with Gasteiger partial charge in [0.1, 0.15) is 18.0 Å². The summed E-state index contributed by atoms with van der Waals surface area (Å²) in [7, 11) is 1.81. The molecule has 5 heteroatoms. The van der Waals surface area contributed by atoms with E-state index in [0.29, 0.717) is 5.92 Å². The molecule has 0 saturated carbocycles. The third-order valence-corrected chi connectivity index (χ3v) is 4.26. The number of rotatable bonds is 6. The zero-order valence-electron chi connectivity index (χ0n) is 13.7. The van der Waals surface area contributed by atoms with Crippen molar-refractivity contribution in [3.8, 4) is 0 Å². The fourth-order valence-corrected chi connectivity index (χ4v) is 3.01. The van der Waals surface area contributed by atoms with Gasteiger partial charge in [-0.05, 0) is 25.7 Å². The first-order valence-electron chi connectivity index (χ1n) is 8.06. The van der Waals surface area contributed by atoms with Crippen molar-refractivity contribution in [1.82, 2.24) is 9.97 Å². The number of nitrogens with zero attached hydrogens (tertiary/aromatic N) is 3. The van der Waals surface area contributed by atoms with E-state index in [2.05, 4.69) is 41.0 Å². The Bertz CT molecular complexity index is 452. The van der Waals surface area contributed by atoms with Crippen LogP contribution in [0.3, 0.4) is 0 Å². The van der Waals surface area contributed by atoms with E-state index >= 15 is 0 Å². The van der Waals surface area contributed by atoms with Crippen LogP contribution in [-0.4, -0.2) is 42.8 Å². The van der Waals surface area contributed by atoms with Gasteiger partial charge in [0.25, 0.3) is 0 Å². The minimum absolute atomic E-state index is 0.283. The van der Waals surface area contributed by atoms with Gasteiger partial charge in [-0.15, -0.1) is 0 Å². The number of ether oxygens (including phenoxy) is 1. The highest BCUT2D eigenvalue weighted by Crippen LogP contribution is 2.29. The summed E-state index contributed by atoms with van der Waals surface area (Å²) in [6, 6.07) is 0. The van der Waals surface area contributed by atoms with Crippen molar-refractivity contribution < 1.29 is 4.74 Å². The van der Waals surface area contributed by atoms with Gasteiger partial charge in [-0.25, -0.2) is 9.97 Å². The third kappa shape index (κ3) is 3.64. The summed E-state index contributed by atoms with van der Waals surface area (Å²) in [5.41, 5.74) is 1.24. The molecule has 1 saturated heterocycles. The average molecular weight is 292 g/mol. The average Bonchev–Trinajstić information content (AvgIpc) is 2.50. The monoisotopic (exact) mass is 292 g/mol. The maximum absolute atomic E-state index is 5.63. The normalized spacial score (nSPS) is 22.4. The van der Waals surface area contributed by atoms with Crippen molar-refractivity contribution in [2.75, 3.05) is 37.0 Å². The maximum Gasteiger partial charge on any atom is 0.137 e. The predicted octanol–water partition coefficient (Wildman–Crippen LogP) is 2.72. The molecule has 21 heavy (non-hydrogen) atoms. The van der Waals surface area contributed by atoms with Crippen LogP contribution < -0.4 is 10.2 Å². The fraction of sp³-hybridized carbons (Fsp3) is 0.750. The summed E-state index contributed by atoms with van der Waals surface area (Å²) >= 11 is 0. The van der Waals surface area contributed by atoms with Crippen LogP contribution >= 0.6 is 0 Å². The topological polar surface area (TPSA) is 50.3 Å². The van der Waals surface area contributed by atoms with Crippen LogP contribution in [0.4, 0.5) is 11.6 Å². The lowest BCUT2D eigenvalue weighted by Gasteiger charge is -2.37. The Labute approximate surface area is 128 Å². The second-order valence-corrected chi connectivity index (χ2v) is 5.79. The zero-order chi connectivity index (χ0) is 15.2. The Balaban J connectivity index is 2.27. The number of anilines is 2. The van der Waals surface area contributed by atoms with Crippen LogP contribution in [0.2, 0.25) is 0 Å². The van der Waals surface area contributed by atoms with E-state index in [1.54, 1.807) is 6.33 Å². The fourth-order valence-electron chi connectivity index (χ4n) is 3.01. The number of piperidine rings is 1. The Hall–Kier alpha value is -1.36. The van der Waals surface area contributed by atoms with Gasteiger partial charge in [-0.3, -0.25) is 0 Å². The first-order chi connectivity index (χ1) is 10.2. The SMILES string of the molecule is CCCc1c(NCC)ncnc1N1CCC(C)C(OC)C1. The van der Waals surface area contributed by atoms with E-state index in [-0.39, 0.29) is 6.10 Å². The van der Waals surface area contributed by atoms with Crippen molar-refractivity contribution >= 4 is 11.6 Å². The molecule has 1 aromatic heterocycles. The highest BCUT2D eigenvalue weighted by atomic mass is 16.5. The van der Waals surface area contributed by atoms with Crippen LogP contribution in [0.5, 0.6) is 0 Å². The Kier molecular flexibility index (Phi) is 5.79. The number of nitrogens with one attached hydrogen (secondary N) is 1. The minimum atomic E-state index is 0.283. The molecule has 0 aliphatic carbocycles. The quantitative estimate of drug-likeness (QED) is 0.873. The summed E-state index contributed by atoms with van der Waals surface area (Å²) in [6.45, 7) is 9.40. The van der Waals surface area contributed by atoms with Gasteiger partial charge >= 0.3 is 0 Å². The van der Waals surface area contributed by atoms with Gasteiger partial charge in [0.05, 0.1) is 6.10 Å². The van der Waals surface area contributed by atoms with Gasteiger partial charge in [0.2, 0.25) is 0 Å². The number of hydrogen-bond donors (Lipinski definition) is 1. The van der Waals surface area contributed by atoms with Gasteiger partial charge in [0, 0.05) is 32.3 Å². The molecule has 1 aromatic rings. The maximum atomic E-state index is 5.63. The number of aromatic nitrogens is 2. The Morgan fingerprint density at radius 3 is 2.86 bits per heavy atom. The highest BCUT2D eigenvalue weighted by molar-refractivity contribution is 5.59. The van der Waals surface area contributed by atoms with Gasteiger partial charge in [-0.2, -0.15) is 0 Å². The predicted molar refractivity (Wildman–Crippen MR) is 87.0 cm³/mol. The smallest absolute Gasteiger partial charge is 0.137 e. The Morgan fingerprint density at radius 2 is 2.19 bits per heavy atom. The molecule has 1 N–H and O–H groups in total. The molecule has 1 aliphatic rings. The molecule has 0 bridgehead atoms. The second kappa shape index (κ2) is 7.59. The van der Waals surface area contributed by atoms with Crippen molar-refractivity contribution in [3.05, 3.63) is 11.9 Å². The third-order valence-electron chi connectivity index (χ3n) is 4.26. The molecule has 1 fully saturated rings. The molecule has 0 aromatic carbocycles. The zero-order valence-corrected chi connectivity index (χ0v) is 13.7. The molecule has 2 unspecified atom stereocenters. The van der Waals surface area contributed by atoms with E-state index in [4.69, 9.17) is 4.74 Å². The first kappa shape index (κ1) is 16.0. The molecule has 118 valence electrons. The van der Waals surface area contributed by atoms with Gasteiger partial charge in [0.15, 0.2) is 0 Å². The summed E-state index contributed by atoms with van der Waals surface area (Å²) < 4.78 is 5.63. The summed E-state index contributed by atoms with van der Waals surface area (Å²) in [4.78, 5) is 11.4. The molecule has 1 aliphatic heterocycles. The van der Waals surface area contributed by atoms with E-state index in [1.807, 2.05) is 7.11 Å². The molecule has 0 radical (unpaired) electrons. The van der Waals surface area contributed by atoms with E-state index in [0.717, 1.165) is 50.5 Å². The van der Waals surface area contributed by atoms with Crippen LogP contribution in [-0.2, 0) is 11.2 Å². The summed E-state index contributed by atoms with van der Waals surface area (Å²) in [6.07, 6.45) is 5.20. The van der Waals surface area contributed by atoms with Crippen LogP contribution in [0, 0.1) is 5.92 Å². The standard InChI is InChI=1S/C16H28N4O/c1-5-7-13-15(17-6-2)18-11-19-16(13)20-9-8-12(3)14(10-20)21-4/h11-12,14H,5-10H2,1-4H3,(H,17,18,19). The van der Waals surface area contributed by atoms with Crippen molar-refractivity contribution in [2.45, 2.75) is 46.1 Å². The summed E-state index contributed by atoms with van der Waals surface area (Å²) in [5, 5.41) is 3.37. The highest BCUT2D eigenvalue weighted by Gasteiger charge is 2.28. The Morgan fingerprint density at radius 1 is 1.38 bits per heavy atom. The van der Waals surface area contributed by atoms with Gasteiger partial charge < -0.3 is 15.0 Å². The second-order valence-electron chi connectivity index (χ2n) is 5.79. The summed E-state index contributed by atoms with van der Waals surface area (Å²) in [5.74, 6) is 2.67. The molecular formula is C16H28N4O. The lowest BCUT2D eigenvalue weighted by molar-refractivity contribution is 0.0496. The van der Waals surface area contributed by atoms with Crippen LogP contribution in [0.25, 0.3) is 0 Å². The molecule has 0 spiro atoms. The lowest BCUT2D eigenvalue weighted by Crippen LogP contribution is -2.44. The van der Waals surface area contributed by atoms with Crippen LogP contribution in [0.1, 0.15) is 39.2 Å². The molecule has 0 amide bonds. The first-order valence-corrected chi connectivity index (χ1v) is 8.06. The van der Waals surface area contributed by atoms with Crippen molar-refractivity contribution in [2.24, 2.45) is 5.92 Å². The number of hydrogen-bond acceptors (Lipinski definition) is 5. The number of methoxy groups -OCH3 is 1. The van der Waals surface area contributed by atoms with E-state index in [9.17, 15) is 0 Å². The van der Waals surface area contributed by atoms with E-state index in [1.165, 1.54) is 5.56 Å². The molecule has 2 rings (SSSR count). The lowest BCUT2D eigenvalue weighted by atomic mass is 9.95. The van der Waals surface area contributed by atoms with Crippen molar-refractivity contribution in [3.63, 3.8) is 0 Å². The van der Waals surface area contributed by atoms with Crippen LogP contribution in [0.15, 0.2) is 6.33 Å². The van der Waals surface area contributed by atoms with E-state index < -0.39 is 0 Å². The molecule has 2 atom stereocenters. The largest absolute Gasteiger partial charge is 0.379 e. The molecule has 2 heterocycles. The molecule has 5 nitrogen and oxygen atoms in total. The van der Waals surface area contributed by atoms with Gasteiger partial charge in [-0.1, -0.05) is 20.3 Å². The van der Waals surface area contributed by atoms with Crippen molar-refractivity contribution in [1.29, 1.82) is 0 Å². The molecular weight excluding hydrogens is 264 g/mol. The minimum Gasteiger partial charge on any atom is -0.379 e.